The third-order valence-electron chi connectivity index (χ3n) is 3.14. The van der Waals surface area contributed by atoms with Crippen molar-refractivity contribution in [3.63, 3.8) is 0 Å². The Labute approximate surface area is 137 Å². The molecule has 128 valence electrons. The number of halogens is 1. The predicted octanol–water partition coefficient (Wildman–Crippen LogP) is -0.429. The van der Waals surface area contributed by atoms with Crippen molar-refractivity contribution in [2.24, 2.45) is 0 Å². The van der Waals surface area contributed by atoms with Gasteiger partial charge >= 0.3 is 13.5 Å². The van der Waals surface area contributed by atoms with E-state index in [2.05, 4.69) is 25.4 Å². The summed E-state index contributed by atoms with van der Waals surface area (Å²) in [6, 6.07) is 1.12. The highest BCUT2D eigenvalue weighted by Gasteiger charge is 2.42. The largest absolute Gasteiger partial charge is 0.470 e. The van der Waals surface area contributed by atoms with E-state index in [1.807, 2.05) is 0 Å². The summed E-state index contributed by atoms with van der Waals surface area (Å²) in [6.45, 7) is 0. The van der Waals surface area contributed by atoms with Crippen LogP contribution < -0.4 is 11.2 Å². The number of ether oxygens (including phenoxy) is 1. The number of phosphoric ester groups is 1. The molecule has 1 saturated heterocycles. The van der Waals surface area contributed by atoms with E-state index < -0.39 is 43.6 Å². The maximum Gasteiger partial charge on any atom is 0.470 e. The maximum atomic E-state index is 11.7. The van der Waals surface area contributed by atoms with Gasteiger partial charge in [-0.05, 0) is 11.1 Å². The lowest BCUT2D eigenvalue weighted by molar-refractivity contribution is -0.0665. The summed E-state index contributed by atoms with van der Waals surface area (Å²) >= 11 is 2.96. The second-order valence-corrected chi connectivity index (χ2v) is 6.48. The van der Waals surface area contributed by atoms with Crippen LogP contribution in [0.2, 0.25) is 0 Å². The minimum absolute atomic E-state index is 0.0201. The fourth-order valence-electron chi connectivity index (χ4n) is 2.23. The van der Waals surface area contributed by atoms with Gasteiger partial charge in [0.15, 0.2) is 0 Å². The third-order valence-corrected chi connectivity index (χ3v) is 3.97. The highest BCUT2D eigenvalue weighted by atomic mass is 79.9. The molecular formula is C11H14BrN2O8P. The van der Waals surface area contributed by atoms with Crippen LogP contribution in [-0.4, -0.2) is 42.8 Å². The summed E-state index contributed by atoms with van der Waals surface area (Å²) < 4.78 is 22.2. The van der Waals surface area contributed by atoms with Crippen molar-refractivity contribution >= 4 is 23.8 Å². The first-order valence-corrected chi connectivity index (χ1v) is 8.81. The van der Waals surface area contributed by atoms with Gasteiger partial charge in [-0.1, -0.05) is 15.9 Å². The molecule has 0 radical (unpaired) electrons. The quantitative estimate of drug-likeness (QED) is 0.475. The van der Waals surface area contributed by atoms with E-state index in [-0.39, 0.29) is 6.42 Å². The molecule has 1 aromatic heterocycles. The molecule has 0 spiro atoms. The molecule has 1 aromatic rings. The van der Waals surface area contributed by atoms with E-state index in [9.17, 15) is 19.3 Å². The van der Waals surface area contributed by atoms with Gasteiger partial charge in [0.2, 0.25) is 0 Å². The van der Waals surface area contributed by atoms with Crippen LogP contribution >= 0.6 is 23.8 Å². The Hall–Kier alpha value is -1.07. The zero-order chi connectivity index (χ0) is 17.2. The van der Waals surface area contributed by atoms with E-state index in [0.29, 0.717) is 0 Å². The molecule has 0 aromatic carbocycles. The first-order chi connectivity index (χ1) is 10.7. The van der Waals surface area contributed by atoms with Gasteiger partial charge in [-0.2, -0.15) is 0 Å². The van der Waals surface area contributed by atoms with Gasteiger partial charge in [0, 0.05) is 18.7 Å². The molecule has 0 amide bonds. The molecule has 2 rings (SSSR count). The Morgan fingerprint density at radius 1 is 1.52 bits per heavy atom. The number of phosphoric acid groups is 1. The molecular weight excluding hydrogens is 399 g/mol. The Kier molecular flexibility index (Phi) is 5.74. The van der Waals surface area contributed by atoms with E-state index in [4.69, 9.17) is 14.5 Å². The van der Waals surface area contributed by atoms with Crippen LogP contribution in [0.25, 0.3) is 0 Å². The number of nitrogens with one attached hydrogen (secondary N) is 1. The fraction of sp³-hybridized carbons (Fsp3) is 0.455. The van der Waals surface area contributed by atoms with Gasteiger partial charge in [0.1, 0.15) is 18.4 Å². The highest BCUT2D eigenvalue weighted by molar-refractivity contribution is 9.11. The number of aromatic nitrogens is 2. The molecule has 0 aliphatic carbocycles. The fourth-order valence-corrected chi connectivity index (χ4v) is 3.04. The minimum Gasteiger partial charge on any atom is -0.390 e. The van der Waals surface area contributed by atoms with E-state index in [1.54, 1.807) is 0 Å². The lowest BCUT2D eigenvalue weighted by atomic mass is 10.1. The van der Waals surface area contributed by atoms with Crippen LogP contribution in [0.3, 0.4) is 0 Å². The lowest BCUT2D eigenvalue weighted by Crippen LogP contribution is -2.35. The number of hydrogen-bond acceptors (Lipinski definition) is 6. The monoisotopic (exact) mass is 412 g/mol. The van der Waals surface area contributed by atoms with Gasteiger partial charge < -0.3 is 19.6 Å². The Balaban J connectivity index is 2.23. The summed E-state index contributed by atoms with van der Waals surface area (Å²) in [5.74, 6) is 0. The first-order valence-electron chi connectivity index (χ1n) is 6.37. The number of rotatable bonds is 5. The Bertz CT molecular complexity index is 740. The molecule has 0 saturated carbocycles. The van der Waals surface area contributed by atoms with E-state index >= 15 is 0 Å². The molecule has 0 bridgehead atoms. The topological polar surface area (TPSA) is 151 Å². The van der Waals surface area contributed by atoms with Crippen molar-refractivity contribution in [2.45, 2.75) is 31.0 Å². The normalized spacial score (nSPS) is 26.7. The van der Waals surface area contributed by atoms with E-state index in [0.717, 1.165) is 10.6 Å². The average Bonchev–Trinajstić information content (AvgIpc) is 2.78. The summed E-state index contributed by atoms with van der Waals surface area (Å²) in [7, 11) is -4.82. The molecule has 0 unspecified atom stereocenters. The third kappa shape index (κ3) is 4.70. The highest BCUT2D eigenvalue weighted by Crippen LogP contribution is 2.41. The van der Waals surface area contributed by atoms with Crippen molar-refractivity contribution in [2.75, 3.05) is 0 Å². The Morgan fingerprint density at radius 3 is 2.78 bits per heavy atom. The van der Waals surface area contributed by atoms with Crippen molar-refractivity contribution < 1.29 is 28.7 Å². The van der Waals surface area contributed by atoms with Gasteiger partial charge in [-0.15, -0.1) is 0 Å². The molecule has 1 fully saturated rings. The van der Waals surface area contributed by atoms with Crippen molar-refractivity contribution in [1.82, 2.24) is 9.55 Å². The number of H-pyrrole nitrogens is 1. The molecule has 1 aliphatic rings. The molecule has 12 heteroatoms. The second kappa shape index (κ2) is 7.22. The van der Waals surface area contributed by atoms with Crippen LogP contribution in [0.1, 0.15) is 12.6 Å². The Morgan fingerprint density at radius 2 is 2.22 bits per heavy atom. The molecule has 10 nitrogen and oxygen atoms in total. The number of hydrogen-bond donors (Lipinski definition) is 4. The lowest BCUT2D eigenvalue weighted by Gasteiger charge is -2.23. The second-order valence-electron chi connectivity index (χ2n) is 4.75. The van der Waals surface area contributed by atoms with Gasteiger partial charge in [-0.3, -0.25) is 18.9 Å². The average molecular weight is 413 g/mol. The van der Waals surface area contributed by atoms with Crippen LogP contribution in [0.4, 0.5) is 0 Å². The van der Waals surface area contributed by atoms with Gasteiger partial charge in [0.05, 0.1) is 6.10 Å². The molecule has 23 heavy (non-hydrogen) atoms. The number of nitrogens with zero attached hydrogens (tertiary/aromatic N) is 1. The maximum absolute atomic E-state index is 11.7. The summed E-state index contributed by atoms with van der Waals surface area (Å²) in [6.07, 6.45) is -1.96. The molecule has 4 atom stereocenters. The number of aliphatic hydroxyl groups is 1. The zero-order valence-electron chi connectivity index (χ0n) is 11.5. The van der Waals surface area contributed by atoms with Gasteiger partial charge in [-0.25, -0.2) is 9.36 Å². The first kappa shape index (κ1) is 18.3. The number of aliphatic hydroxyl groups excluding tert-OH is 1. The smallest absolute Gasteiger partial charge is 0.390 e. The van der Waals surface area contributed by atoms with Crippen LogP contribution in [0, 0.1) is 0 Å². The summed E-state index contributed by atoms with van der Waals surface area (Å²) in [5.41, 5.74) is -1.30. The summed E-state index contributed by atoms with van der Waals surface area (Å²) in [4.78, 5) is 44.0. The number of aromatic amines is 1. The molecule has 4 N–H and O–H groups in total. The standard InChI is InChI=1S/C11H14BrN2O8P/c12-3-1-7(22-23(18,19)20)10-6(15)5-9(21-10)14-4-2-8(16)13-11(14)17/h1-4,6-7,9-10,15H,5H2,(H,13,16,17)(H2,18,19,20)/t6-,7-,9+,10-/m0/s1. The van der Waals surface area contributed by atoms with Crippen LogP contribution in [0.15, 0.2) is 32.9 Å². The van der Waals surface area contributed by atoms with Crippen LogP contribution in [-0.2, 0) is 13.8 Å². The van der Waals surface area contributed by atoms with Crippen molar-refractivity contribution in [3.05, 3.63) is 44.2 Å². The predicted molar refractivity (Wildman–Crippen MR) is 80.8 cm³/mol. The zero-order valence-corrected chi connectivity index (χ0v) is 14.0. The SMILES string of the molecule is O=c1ccn([C@H]2C[C@H](O)[C@@H]([C@H](C=CBr)OP(=O)(O)O)O2)c(=O)[nH]1. The summed E-state index contributed by atoms with van der Waals surface area (Å²) in [5, 5.41) is 10.1. The van der Waals surface area contributed by atoms with Crippen molar-refractivity contribution in [1.29, 1.82) is 0 Å². The minimum atomic E-state index is -4.82. The molecule has 2 heterocycles. The van der Waals surface area contributed by atoms with Gasteiger partial charge in [0.25, 0.3) is 5.56 Å². The van der Waals surface area contributed by atoms with Crippen LogP contribution in [0.5, 0.6) is 0 Å². The molecule has 1 aliphatic heterocycles. The van der Waals surface area contributed by atoms with Crippen molar-refractivity contribution in [3.8, 4) is 0 Å². The van der Waals surface area contributed by atoms with E-state index in [1.165, 1.54) is 17.3 Å².